The van der Waals surface area contributed by atoms with Gasteiger partial charge in [0.15, 0.2) is 0 Å². The molecule has 0 unspecified atom stereocenters. The first-order chi connectivity index (χ1) is 24.4. The number of aliphatic hydroxyl groups excluding tert-OH is 1. The van der Waals surface area contributed by atoms with Crippen LogP contribution in [0, 0.1) is 24.7 Å². The van der Waals surface area contributed by atoms with Crippen LogP contribution in [0.2, 0.25) is 5.02 Å². The fourth-order valence-electron chi connectivity index (χ4n) is 8.28. The molecular formula is C40H50ClN3O7. The number of nitrogens with zero attached hydrogens (tertiary/aromatic N) is 2. The zero-order chi connectivity index (χ0) is 37.0. The Bertz CT molecular complexity index is 1610. The maximum absolute atomic E-state index is 15.1. The molecule has 2 aromatic carbocycles. The van der Waals surface area contributed by atoms with Gasteiger partial charge in [0.1, 0.15) is 17.7 Å². The van der Waals surface area contributed by atoms with E-state index < -0.39 is 65.6 Å². The van der Waals surface area contributed by atoms with Crippen molar-refractivity contribution in [3.63, 3.8) is 0 Å². The lowest BCUT2D eigenvalue weighted by Gasteiger charge is -2.41. The van der Waals surface area contributed by atoms with Crippen molar-refractivity contribution in [1.29, 1.82) is 0 Å². The highest BCUT2D eigenvalue weighted by molar-refractivity contribution is 6.34. The Kier molecular flexibility index (Phi) is 12.1. The van der Waals surface area contributed by atoms with Gasteiger partial charge in [-0.3, -0.25) is 19.2 Å². The first kappa shape index (κ1) is 38.2. The average Bonchev–Trinajstić information content (AvgIpc) is 3.77. The molecule has 3 aliphatic rings. The van der Waals surface area contributed by atoms with Gasteiger partial charge in [-0.05, 0) is 56.2 Å². The van der Waals surface area contributed by atoms with Crippen LogP contribution in [-0.4, -0.2) is 76.7 Å². The van der Waals surface area contributed by atoms with Crippen LogP contribution in [0.25, 0.3) is 0 Å². The Morgan fingerprint density at radius 1 is 1.16 bits per heavy atom. The first-order valence-corrected chi connectivity index (χ1v) is 18.3. The van der Waals surface area contributed by atoms with Crippen molar-refractivity contribution >= 4 is 41.0 Å². The van der Waals surface area contributed by atoms with Crippen LogP contribution >= 0.6 is 11.6 Å². The number of fused-ring (bicyclic) bond motifs is 1. The largest absolute Gasteiger partial charge is 0.455 e. The molecule has 0 radical (unpaired) electrons. The van der Waals surface area contributed by atoms with E-state index in [0.717, 1.165) is 5.56 Å². The number of hydrogen-bond donors (Lipinski definition) is 2. The van der Waals surface area contributed by atoms with Crippen LogP contribution in [0.15, 0.2) is 73.8 Å². The van der Waals surface area contributed by atoms with Crippen LogP contribution < -0.4 is 10.2 Å². The number of ether oxygens (including phenoxy) is 2. The number of nitrogens with one attached hydrogen (secondary N) is 1. The summed E-state index contributed by atoms with van der Waals surface area (Å²) in [6.45, 7) is 14.8. The van der Waals surface area contributed by atoms with E-state index >= 15 is 4.79 Å². The molecule has 3 fully saturated rings. The van der Waals surface area contributed by atoms with E-state index in [4.69, 9.17) is 21.1 Å². The van der Waals surface area contributed by atoms with Crippen molar-refractivity contribution < 1.29 is 33.8 Å². The maximum atomic E-state index is 15.1. The molecule has 9 atom stereocenters. The predicted molar refractivity (Wildman–Crippen MR) is 196 cm³/mol. The number of anilines is 1. The summed E-state index contributed by atoms with van der Waals surface area (Å²) in [7, 11) is 0. The number of para-hydroxylation sites is 1. The van der Waals surface area contributed by atoms with E-state index in [2.05, 4.69) is 18.5 Å². The molecule has 5 rings (SSSR count). The average molecular weight is 720 g/mol. The summed E-state index contributed by atoms with van der Waals surface area (Å²) in [6.07, 6.45) is 3.93. The normalized spacial score (nSPS) is 25.8. The van der Waals surface area contributed by atoms with Crippen molar-refractivity contribution in [2.45, 2.75) is 95.7 Å². The number of likely N-dealkylation sites (tertiary alicyclic amines) is 1. The van der Waals surface area contributed by atoms with Gasteiger partial charge < -0.3 is 29.7 Å². The topological polar surface area (TPSA) is 125 Å². The molecule has 274 valence electrons. The number of allylic oxidation sites excluding steroid dienone is 1. The molecule has 3 aliphatic heterocycles. The van der Waals surface area contributed by atoms with E-state index in [9.17, 15) is 19.5 Å². The van der Waals surface area contributed by atoms with Crippen LogP contribution in [-0.2, 0) is 28.7 Å². The molecule has 2 bridgehead atoms. The van der Waals surface area contributed by atoms with E-state index in [0.29, 0.717) is 42.0 Å². The van der Waals surface area contributed by atoms with Crippen molar-refractivity contribution in [3.05, 3.63) is 90.0 Å². The molecule has 0 aromatic heterocycles. The fourth-order valence-corrected chi connectivity index (χ4v) is 8.61. The Labute approximate surface area is 305 Å². The van der Waals surface area contributed by atoms with E-state index in [-0.39, 0.29) is 31.4 Å². The maximum Gasteiger partial charge on any atom is 0.313 e. The first-order valence-electron chi connectivity index (χ1n) is 17.9. The highest BCUT2D eigenvalue weighted by atomic mass is 35.5. The van der Waals surface area contributed by atoms with Crippen LogP contribution in [0.1, 0.15) is 70.1 Å². The summed E-state index contributed by atoms with van der Waals surface area (Å²) in [5.41, 5.74) is 0.601. The van der Waals surface area contributed by atoms with Gasteiger partial charge in [-0.2, -0.15) is 0 Å². The quantitative estimate of drug-likeness (QED) is 0.168. The van der Waals surface area contributed by atoms with Gasteiger partial charge in [0.2, 0.25) is 11.8 Å². The lowest BCUT2D eigenvalue weighted by molar-refractivity contribution is -0.162. The lowest BCUT2D eigenvalue weighted by atomic mass is 9.70. The monoisotopic (exact) mass is 719 g/mol. The molecule has 1 spiro atoms. The summed E-state index contributed by atoms with van der Waals surface area (Å²) in [5, 5.41) is 14.1. The molecule has 3 amide bonds. The number of rotatable bonds is 16. The number of aryl methyl sites for hydroxylation is 1. The Balaban J connectivity index is 1.55. The number of amides is 3. The minimum atomic E-state index is -1.34. The molecule has 11 heteroatoms. The third-order valence-corrected chi connectivity index (χ3v) is 11.2. The van der Waals surface area contributed by atoms with E-state index in [1.165, 1.54) is 9.80 Å². The number of halogens is 1. The SMILES string of the molecule is C=CCCC(=O)N[C@@H](C)[C@H](OC(=O)[C@@H]1[C@H]2C(=O)N([C@@H](CO)[C@@H](C)CC)[C@H](C(=O)N(CC=C)c3c(C)cccc3Cl)[C@]23CC[C@H]1O3)c1ccccc1. The summed E-state index contributed by atoms with van der Waals surface area (Å²) in [6, 6.07) is 12.1. The molecule has 2 aromatic rings. The predicted octanol–water partition coefficient (Wildman–Crippen LogP) is 5.70. The molecule has 3 heterocycles. The third kappa shape index (κ3) is 7.10. The minimum absolute atomic E-state index is 0.111. The second-order valence-electron chi connectivity index (χ2n) is 14.0. The molecule has 51 heavy (non-hydrogen) atoms. The van der Waals surface area contributed by atoms with Crippen LogP contribution in [0.4, 0.5) is 5.69 Å². The molecule has 10 nitrogen and oxygen atoms in total. The van der Waals surface area contributed by atoms with E-state index in [1.54, 1.807) is 31.2 Å². The smallest absolute Gasteiger partial charge is 0.313 e. The van der Waals surface area contributed by atoms with Gasteiger partial charge in [0.05, 0.1) is 47.3 Å². The second kappa shape index (κ2) is 16.1. The highest BCUT2D eigenvalue weighted by Gasteiger charge is 2.76. The van der Waals surface area contributed by atoms with Gasteiger partial charge in [-0.15, -0.1) is 13.2 Å². The number of carbonyl (C=O) groups is 4. The van der Waals surface area contributed by atoms with E-state index in [1.807, 2.05) is 57.2 Å². The third-order valence-electron chi connectivity index (χ3n) is 10.9. The fraction of sp³-hybridized carbons (Fsp3) is 0.500. The number of benzene rings is 2. The van der Waals surface area contributed by atoms with Gasteiger partial charge >= 0.3 is 5.97 Å². The van der Waals surface area contributed by atoms with Crippen molar-refractivity contribution in [3.8, 4) is 0 Å². The van der Waals surface area contributed by atoms with Gasteiger partial charge in [0, 0.05) is 13.0 Å². The van der Waals surface area contributed by atoms with Gasteiger partial charge in [0.25, 0.3) is 5.91 Å². The summed E-state index contributed by atoms with van der Waals surface area (Å²) >= 11 is 6.70. The molecule has 0 aliphatic carbocycles. The van der Waals surface area contributed by atoms with Gasteiger partial charge in [-0.1, -0.05) is 86.5 Å². The lowest BCUT2D eigenvalue weighted by Crippen LogP contribution is -2.60. The summed E-state index contributed by atoms with van der Waals surface area (Å²) < 4.78 is 13.0. The Morgan fingerprint density at radius 2 is 1.88 bits per heavy atom. The number of aliphatic hydroxyl groups is 1. The zero-order valence-electron chi connectivity index (χ0n) is 29.9. The summed E-state index contributed by atoms with van der Waals surface area (Å²) in [5.74, 6) is -3.89. The molecule has 2 N–H and O–H groups in total. The van der Waals surface area contributed by atoms with Crippen molar-refractivity contribution in [1.82, 2.24) is 10.2 Å². The Morgan fingerprint density at radius 3 is 2.51 bits per heavy atom. The molecular weight excluding hydrogens is 670 g/mol. The van der Waals surface area contributed by atoms with Crippen LogP contribution in [0.5, 0.6) is 0 Å². The van der Waals surface area contributed by atoms with Crippen molar-refractivity contribution in [2.24, 2.45) is 17.8 Å². The molecule has 0 saturated carbocycles. The second-order valence-corrected chi connectivity index (χ2v) is 14.4. The zero-order valence-corrected chi connectivity index (χ0v) is 30.7. The summed E-state index contributed by atoms with van der Waals surface area (Å²) in [4.78, 5) is 60.1. The number of esters is 1. The molecule has 3 saturated heterocycles. The highest BCUT2D eigenvalue weighted by Crippen LogP contribution is 2.60. The van der Waals surface area contributed by atoms with Crippen molar-refractivity contribution in [2.75, 3.05) is 18.1 Å². The standard InChI is InChI=1S/C40H50ClN3O7/c1-7-10-19-31(46)42-26(6)35(27-16-12-11-13-17-27)50-39(49)32-30-20-21-40(51-30)33(32)37(47)44(29(23-45)24(4)9-3)36(40)38(48)43(22-8-2)34-25(5)15-14-18-28(34)41/h7-8,11-18,24,26,29-30,32-33,35-36,45H,1-2,9-10,19-23H2,3-6H3,(H,42,46)/t24-,26-,29-,30+,32-,33-,35-,36+,40-/m0/s1. The number of hydrogen-bond acceptors (Lipinski definition) is 7. The number of carbonyl (C=O) groups excluding carboxylic acids is 4. The van der Waals surface area contributed by atoms with Crippen LogP contribution in [0.3, 0.4) is 0 Å². The minimum Gasteiger partial charge on any atom is -0.455 e. The Hall–Kier alpha value is -3.99. The van der Waals surface area contributed by atoms with Gasteiger partial charge in [-0.25, -0.2) is 0 Å².